The Morgan fingerprint density at radius 3 is 2.48 bits per heavy atom. The molecule has 0 heterocycles. The normalized spacial score (nSPS) is 12.1. The molecule has 0 saturated carbocycles. The second-order valence-corrected chi connectivity index (χ2v) is 6.95. The summed E-state index contributed by atoms with van der Waals surface area (Å²) < 4.78 is 11.0. The van der Waals surface area contributed by atoms with Gasteiger partial charge in [-0.15, -0.1) is 11.8 Å². The van der Waals surface area contributed by atoms with Crippen LogP contribution in [0.2, 0.25) is 0 Å². The van der Waals surface area contributed by atoms with E-state index < -0.39 is 0 Å². The number of hydrogen-bond donors (Lipinski definition) is 0. The Labute approximate surface area is 145 Å². The van der Waals surface area contributed by atoms with E-state index in [9.17, 15) is 4.79 Å². The molecular weight excluding hydrogens is 308 g/mol. The lowest BCUT2D eigenvalue weighted by Gasteiger charge is -2.16. The Balaban J connectivity index is 2.17. The van der Waals surface area contributed by atoms with Gasteiger partial charge in [0.25, 0.3) is 0 Å². The fourth-order valence-corrected chi connectivity index (χ4v) is 3.28. The van der Waals surface area contributed by atoms with Gasteiger partial charge < -0.3 is 9.47 Å². The number of rotatable bonds is 13. The molecule has 1 rings (SSSR count). The minimum Gasteiger partial charge on any atom is -0.449 e. The van der Waals surface area contributed by atoms with Gasteiger partial charge in [-0.3, -0.25) is 4.79 Å². The molecule has 1 aromatic rings. The monoisotopic (exact) mass is 338 g/mol. The average Bonchev–Trinajstić information content (AvgIpc) is 2.54. The quantitative estimate of drug-likeness (QED) is 0.282. The van der Waals surface area contributed by atoms with Crippen molar-refractivity contribution in [1.29, 1.82) is 0 Å². The lowest BCUT2D eigenvalue weighted by atomic mass is 10.1. The van der Waals surface area contributed by atoms with E-state index in [1.165, 1.54) is 45.4 Å². The fourth-order valence-electron chi connectivity index (χ4n) is 2.25. The number of thioether (sulfide) groups is 1. The van der Waals surface area contributed by atoms with Gasteiger partial charge in [0.15, 0.2) is 5.44 Å². The molecule has 1 aromatic carbocycles. The van der Waals surface area contributed by atoms with E-state index in [0.717, 1.165) is 11.3 Å². The van der Waals surface area contributed by atoms with Crippen LogP contribution in [-0.4, -0.2) is 23.8 Å². The molecular formula is C19H30O3S. The number of ether oxygens (including phenoxy) is 2. The van der Waals surface area contributed by atoms with E-state index in [0.29, 0.717) is 13.2 Å². The Hall–Kier alpha value is -1.00. The molecule has 0 aliphatic rings. The van der Waals surface area contributed by atoms with E-state index in [1.807, 2.05) is 30.3 Å². The summed E-state index contributed by atoms with van der Waals surface area (Å²) in [6, 6.07) is 10.0. The molecule has 23 heavy (non-hydrogen) atoms. The van der Waals surface area contributed by atoms with Crippen molar-refractivity contribution in [1.82, 2.24) is 0 Å². The van der Waals surface area contributed by atoms with Crippen LogP contribution >= 0.6 is 11.8 Å². The van der Waals surface area contributed by atoms with Gasteiger partial charge in [0.2, 0.25) is 0 Å². The lowest BCUT2D eigenvalue weighted by molar-refractivity contribution is -0.144. The third-order valence-corrected chi connectivity index (χ3v) is 4.59. The second kappa shape index (κ2) is 13.4. The molecule has 0 spiro atoms. The number of carbonyl (C=O) groups excluding carboxylic acids is 1. The van der Waals surface area contributed by atoms with Crippen molar-refractivity contribution in [2.45, 2.75) is 64.4 Å². The van der Waals surface area contributed by atoms with Crippen LogP contribution in [0.3, 0.4) is 0 Å². The van der Waals surface area contributed by atoms with Crippen molar-refractivity contribution in [3.63, 3.8) is 0 Å². The third-order valence-electron chi connectivity index (χ3n) is 3.46. The summed E-state index contributed by atoms with van der Waals surface area (Å²) in [6.07, 6.45) is 7.67. The van der Waals surface area contributed by atoms with Crippen molar-refractivity contribution < 1.29 is 14.3 Å². The highest BCUT2D eigenvalue weighted by molar-refractivity contribution is 7.99. The summed E-state index contributed by atoms with van der Waals surface area (Å²) in [5, 5.41) is 0. The fraction of sp³-hybridized carbons (Fsp3) is 0.632. The summed E-state index contributed by atoms with van der Waals surface area (Å²) in [5.41, 5.74) is 0.932. The number of unbranched alkanes of at least 4 members (excludes halogenated alkanes) is 5. The third kappa shape index (κ3) is 11.2. The summed E-state index contributed by atoms with van der Waals surface area (Å²) in [5.74, 6) is 0.771. The number of benzene rings is 1. The molecule has 0 unspecified atom stereocenters. The molecule has 0 fully saturated rings. The number of hydrogen-bond acceptors (Lipinski definition) is 4. The summed E-state index contributed by atoms with van der Waals surface area (Å²) in [4.78, 5) is 11.2. The number of carbonyl (C=O) groups is 1. The molecule has 0 N–H and O–H groups in total. The van der Waals surface area contributed by atoms with Crippen molar-refractivity contribution in [3.8, 4) is 0 Å². The molecule has 0 bridgehead atoms. The SMILES string of the molecule is CCCCCCCCS[C@@H](COCc1ccccc1)OC(C)=O. The average molecular weight is 339 g/mol. The highest BCUT2D eigenvalue weighted by Crippen LogP contribution is 2.17. The predicted molar refractivity (Wildman–Crippen MR) is 97.5 cm³/mol. The van der Waals surface area contributed by atoms with Crippen LogP contribution in [-0.2, 0) is 20.9 Å². The smallest absolute Gasteiger partial charge is 0.303 e. The molecule has 1 atom stereocenters. The first kappa shape index (κ1) is 20.0. The van der Waals surface area contributed by atoms with Crippen molar-refractivity contribution >= 4 is 17.7 Å². The zero-order valence-electron chi connectivity index (χ0n) is 14.5. The van der Waals surface area contributed by atoms with Gasteiger partial charge in [-0.2, -0.15) is 0 Å². The highest BCUT2D eigenvalue weighted by atomic mass is 32.2. The zero-order chi connectivity index (χ0) is 16.8. The molecule has 0 aliphatic heterocycles. The first-order valence-electron chi connectivity index (χ1n) is 8.63. The minimum atomic E-state index is -0.242. The largest absolute Gasteiger partial charge is 0.449 e. The van der Waals surface area contributed by atoms with E-state index >= 15 is 0 Å². The maximum absolute atomic E-state index is 11.2. The van der Waals surface area contributed by atoms with Crippen LogP contribution in [0.4, 0.5) is 0 Å². The molecule has 0 amide bonds. The second-order valence-electron chi connectivity index (χ2n) is 5.68. The molecule has 0 radical (unpaired) electrons. The van der Waals surface area contributed by atoms with E-state index in [2.05, 4.69) is 6.92 Å². The molecule has 130 valence electrons. The number of esters is 1. The Morgan fingerprint density at radius 1 is 1.09 bits per heavy atom. The van der Waals surface area contributed by atoms with Gasteiger partial charge in [0.05, 0.1) is 13.2 Å². The van der Waals surface area contributed by atoms with Gasteiger partial charge in [0.1, 0.15) is 0 Å². The zero-order valence-corrected chi connectivity index (χ0v) is 15.3. The standard InChI is InChI=1S/C19H30O3S/c1-3-4-5-6-7-11-14-23-19(22-17(2)20)16-21-15-18-12-9-8-10-13-18/h8-10,12-13,19H,3-7,11,14-16H2,1-2H3/t19-/m0/s1. The summed E-state index contributed by atoms with van der Waals surface area (Å²) in [7, 11) is 0. The summed E-state index contributed by atoms with van der Waals surface area (Å²) >= 11 is 1.68. The molecule has 4 heteroatoms. The van der Waals surface area contributed by atoms with Crippen molar-refractivity contribution in [2.75, 3.05) is 12.4 Å². The minimum absolute atomic E-state index is 0.202. The molecule has 0 aliphatic carbocycles. The Kier molecular flexibility index (Phi) is 11.7. The topological polar surface area (TPSA) is 35.5 Å². The first-order valence-corrected chi connectivity index (χ1v) is 9.67. The van der Waals surface area contributed by atoms with Gasteiger partial charge in [-0.25, -0.2) is 0 Å². The van der Waals surface area contributed by atoms with E-state index in [-0.39, 0.29) is 11.4 Å². The Bertz CT molecular complexity index is 408. The van der Waals surface area contributed by atoms with Gasteiger partial charge in [-0.05, 0) is 17.7 Å². The lowest BCUT2D eigenvalue weighted by Crippen LogP contribution is -2.19. The molecule has 0 aromatic heterocycles. The molecule has 0 saturated heterocycles. The van der Waals surface area contributed by atoms with Crippen LogP contribution in [0, 0.1) is 0 Å². The molecule has 3 nitrogen and oxygen atoms in total. The Morgan fingerprint density at radius 2 is 1.78 bits per heavy atom. The van der Waals surface area contributed by atoms with Crippen LogP contribution in [0.25, 0.3) is 0 Å². The predicted octanol–water partition coefficient (Wildman–Crippen LogP) is 5.19. The van der Waals surface area contributed by atoms with Gasteiger partial charge >= 0.3 is 5.97 Å². The van der Waals surface area contributed by atoms with Crippen LogP contribution in [0.15, 0.2) is 30.3 Å². The van der Waals surface area contributed by atoms with E-state index in [1.54, 1.807) is 11.8 Å². The first-order chi connectivity index (χ1) is 11.2. The van der Waals surface area contributed by atoms with Gasteiger partial charge in [-0.1, -0.05) is 69.4 Å². The van der Waals surface area contributed by atoms with E-state index in [4.69, 9.17) is 9.47 Å². The van der Waals surface area contributed by atoms with Crippen molar-refractivity contribution in [3.05, 3.63) is 35.9 Å². The van der Waals surface area contributed by atoms with Crippen LogP contribution in [0.5, 0.6) is 0 Å². The van der Waals surface area contributed by atoms with Crippen LogP contribution in [0.1, 0.15) is 57.9 Å². The van der Waals surface area contributed by atoms with Crippen LogP contribution < -0.4 is 0 Å². The van der Waals surface area contributed by atoms with Gasteiger partial charge in [0, 0.05) is 6.92 Å². The summed E-state index contributed by atoms with van der Waals surface area (Å²) in [6.45, 7) is 4.68. The highest BCUT2D eigenvalue weighted by Gasteiger charge is 2.12. The van der Waals surface area contributed by atoms with Crippen molar-refractivity contribution in [2.24, 2.45) is 0 Å². The maximum Gasteiger partial charge on any atom is 0.303 e. The maximum atomic E-state index is 11.2.